The summed E-state index contributed by atoms with van der Waals surface area (Å²) in [4.78, 5) is 13.9. The molecule has 0 saturated heterocycles. The summed E-state index contributed by atoms with van der Waals surface area (Å²) in [5.74, 6) is 0.0789. The van der Waals surface area contributed by atoms with Crippen LogP contribution >= 0.6 is 10.7 Å². The summed E-state index contributed by atoms with van der Waals surface area (Å²) in [7, 11) is 1.63. The van der Waals surface area contributed by atoms with Crippen molar-refractivity contribution in [2.75, 3.05) is 4.90 Å². The molecular formula is C13H16ClNO3S. The molecule has 0 fully saturated rings. The van der Waals surface area contributed by atoms with Crippen molar-refractivity contribution in [2.24, 2.45) is 0 Å². The first-order valence-corrected chi connectivity index (χ1v) is 8.51. The fourth-order valence-corrected chi connectivity index (χ4v) is 3.20. The molecule has 104 valence electrons. The van der Waals surface area contributed by atoms with Crippen LogP contribution in [0.2, 0.25) is 0 Å². The van der Waals surface area contributed by atoms with Gasteiger partial charge in [-0.25, -0.2) is 8.42 Å². The number of nitrogens with zero attached hydrogens (tertiary/aromatic N) is 1. The number of anilines is 1. The van der Waals surface area contributed by atoms with Crippen molar-refractivity contribution in [1.29, 1.82) is 0 Å². The number of benzene rings is 1. The molecule has 0 spiro atoms. The van der Waals surface area contributed by atoms with E-state index in [0.717, 1.165) is 17.7 Å². The molecule has 0 saturated carbocycles. The predicted octanol–water partition coefficient (Wildman–Crippen LogP) is 2.69. The zero-order valence-electron chi connectivity index (χ0n) is 10.9. The molecule has 19 heavy (non-hydrogen) atoms. The first kappa shape index (κ1) is 14.3. The van der Waals surface area contributed by atoms with Gasteiger partial charge in [-0.3, -0.25) is 4.79 Å². The Morgan fingerprint density at radius 2 is 1.95 bits per heavy atom. The van der Waals surface area contributed by atoms with E-state index < -0.39 is 9.05 Å². The van der Waals surface area contributed by atoms with Crippen LogP contribution in [-0.2, 0) is 20.3 Å². The molecule has 4 nitrogen and oxygen atoms in total. The van der Waals surface area contributed by atoms with Crippen molar-refractivity contribution in [3.8, 4) is 0 Å². The molecule has 0 atom stereocenters. The SMILES string of the molecule is CC(C)N1C(=O)CCCc2cc(S(=O)(=O)Cl)ccc21. The Morgan fingerprint density at radius 1 is 1.26 bits per heavy atom. The van der Waals surface area contributed by atoms with Gasteiger partial charge in [0.25, 0.3) is 9.05 Å². The number of carbonyl (C=O) groups is 1. The monoisotopic (exact) mass is 301 g/mol. The van der Waals surface area contributed by atoms with E-state index in [1.165, 1.54) is 6.07 Å². The summed E-state index contributed by atoms with van der Waals surface area (Å²) < 4.78 is 22.7. The molecule has 6 heteroatoms. The summed E-state index contributed by atoms with van der Waals surface area (Å²) >= 11 is 0. The standard InChI is InChI=1S/C13H16ClNO3S/c1-9(2)15-12-7-6-11(19(14,17)18)8-10(12)4-3-5-13(15)16/h6-9H,3-5H2,1-2H3. The second kappa shape index (κ2) is 5.13. The maximum absolute atomic E-state index is 12.1. The third kappa shape index (κ3) is 2.92. The van der Waals surface area contributed by atoms with E-state index in [1.807, 2.05) is 13.8 Å². The fraction of sp³-hybridized carbons (Fsp3) is 0.462. The van der Waals surface area contributed by atoms with Gasteiger partial charge in [-0.05, 0) is 50.5 Å². The molecule has 0 radical (unpaired) electrons. The summed E-state index contributed by atoms with van der Waals surface area (Å²) in [5, 5.41) is 0. The molecule has 1 aromatic carbocycles. The molecule has 0 unspecified atom stereocenters. The number of aryl methyl sites for hydroxylation is 1. The van der Waals surface area contributed by atoms with Crippen LogP contribution in [0.25, 0.3) is 0 Å². The molecule has 1 aliphatic heterocycles. The van der Waals surface area contributed by atoms with Gasteiger partial charge in [-0.15, -0.1) is 0 Å². The molecule has 0 aliphatic carbocycles. The smallest absolute Gasteiger partial charge is 0.261 e. The first-order chi connectivity index (χ1) is 8.80. The van der Waals surface area contributed by atoms with Crippen LogP contribution in [0.5, 0.6) is 0 Å². The van der Waals surface area contributed by atoms with E-state index in [4.69, 9.17) is 10.7 Å². The van der Waals surface area contributed by atoms with Crippen molar-refractivity contribution in [1.82, 2.24) is 0 Å². The van der Waals surface area contributed by atoms with E-state index in [1.54, 1.807) is 17.0 Å². The zero-order chi connectivity index (χ0) is 14.2. The molecule has 1 heterocycles. The number of halogens is 1. The Hall–Kier alpha value is -1.07. The van der Waals surface area contributed by atoms with Gasteiger partial charge in [0, 0.05) is 28.8 Å². The molecule has 0 bridgehead atoms. The number of hydrogen-bond acceptors (Lipinski definition) is 3. The average molecular weight is 302 g/mol. The van der Waals surface area contributed by atoms with Gasteiger partial charge in [-0.2, -0.15) is 0 Å². The molecule has 1 aromatic rings. The highest BCUT2D eigenvalue weighted by molar-refractivity contribution is 8.13. The van der Waals surface area contributed by atoms with Gasteiger partial charge in [0.2, 0.25) is 5.91 Å². The van der Waals surface area contributed by atoms with Gasteiger partial charge in [0.15, 0.2) is 0 Å². The van der Waals surface area contributed by atoms with Crippen LogP contribution in [0, 0.1) is 0 Å². The zero-order valence-corrected chi connectivity index (χ0v) is 12.5. The summed E-state index contributed by atoms with van der Waals surface area (Å²) in [5.41, 5.74) is 1.66. The van der Waals surface area contributed by atoms with Gasteiger partial charge in [-0.1, -0.05) is 0 Å². The van der Waals surface area contributed by atoms with Crippen LogP contribution < -0.4 is 4.90 Å². The number of amides is 1. The van der Waals surface area contributed by atoms with E-state index in [2.05, 4.69) is 0 Å². The predicted molar refractivity (Wildman–Crippen MR) is 75.0 cm³/mol. The van der Waals surface area contributed by atoms with E-state index in [9.17, 15) is 13.2 Å². The highest BCUT2D eigenvalue weighted by Crippen LogP contribution is 2.31. The van der Waals surface area contributed by atoms with Crippen molar-refractivity contribution in [3.63, 3.8) is 0 Å². The lowest BCUT2D eigenvalue weighted by molar-refractivity contribution is -0.118. The van der Waals surface area contributed by atoms with Crippen LogP contribution in [0.15, 0.2) is 23.1 Å². The van der Waals surface area contributed by atoms with Gasteiger partial charge >= 0.3 is 0 Å². The van der Waals surface area contributed by atoms with Crippen LogP contribution in [0.1, 0.15) is 32.3 Å². The summed E-state index contributed by atoms with van der Waals surface area (Å²) in [6.07, 6.45) is 1.89. The number of hydrogen-bond donors (Lipinski definition) is 0. The quantitative estimate of drug-likeness (QED) is 0.789. The molecule has 2 rings (SSSR count). The largest absolute Gasteiger partial charge is 0.310 e. The second-order valence-corrected chi connectivity index (χ2v) is 7.51. The fourth-order valence-electron chi connectivity index (χ4n) is 2.40. The number of fused-ring (bicyclic) bond motifs is 1. The van der Waals surface area contributed by atoms with Gasteiger partial charge in [0.05, 0.1) is 4.90 Å². The maximum atomic E-state index is 12.1. The summed E-state index contributed by atoms with van der Waals surface area (Å²) in [6, 6.07) is 4.75. The normalized spacial score (nSPS) is 16.4. The lowest BCUT2D eigenvalue weighted by Gasteiger charge is -2.27. The minimum atomic E-state index is -3.73. The molecule has 1 amide bonds. The Kier molecular flexibility index (Phi) is 3.87. The van der Waals surface area contributed by atoms with Crippen molar-refractivity contribution in [3.05, 3.63) is 23.8 Å². The van der Waals surface area contributed by atoms with Crippen molar-refractivity contribution >= 4 is 31.3 Å². The number of rotatable bonds is 2. The Morgan fingerprint density at radius 3 is 2.53 bits per heavy atom. The average Bonchev–Trinajstić information content (AvgIpc) is 2.44. The Balaban J connectivity index is 2.56. The minimum Gasteiger partial charge on any atom is -0.310 e. The topological polar surface area (TPSA) is 54.5 Å². The third-order valence-corrected chi connectivity index (χ3v) is 4.57. The van der Waals surface area contributed by atoms with Crippen LogP contribution in [-0.4, -0.2) is 20.4 Å². The van der Waals surface area contributed by atoms with E-state index >= 15 is 0 Å². The van der Waals surface area contributed by atoms with Gasteiger partial charge < -0.3 is 4.90 Å². The lowest BCUT2D eigenvalue weighted by Crippen LogP contribution is -2.36. The number of carbonyl (C=O) groups excluding carboxylic acids is 1. The van der Waals surface area contributed by atoms with Crippen molar-refractivity contribution in [2.45, 2.75) is 44.0 Å². The third-order valence-electron chi connectivity index (χ3n) is 3.21. The van der Waals surface area contributed by atoms with Crippen molar-refractivity contribution < 1.29 is 13.2 Å². The first-order valence-electron chi connectivity index (χ1n) is 6.20. The summed E-state index contributed by atoms with van der Waals surface area (Å²) in [6.45, 7) is 3.89. The molecular weight excluding hydrogens is 286 g/mol. The minimum absolute atomic E-state index is 0.0443. The van der Waals surface area contributed by atoms with Gasteiger partial charge in [0.1, 0.15) is 0 Å². The highest BCUT2D eigenvalue weighted by Gasteiger charge is 2.25. The Bertz CT molecular complexity index is 610. The van der Waals surface area contributed by atoms with Crippen LogP contribution in [0.4, 0.5) is 5.69 Å². The Labute approximate surface area is 117 Å². The molecule has 0 N–H and O–H groups in total. The van der Waals surface area contributed by atoms with E-state index in [0.29, 0.717) is 12.8 Å². The highest BCUT2D eigenvalue weighted by atomic mass is 35.7. The maximum Gasteiger partial charge on any atom is 0.261 e. The molecule has 1 aliphatic rings. The van der Waals surface area contributed by atoms with E-state index in [-0.39, 0.29) is 16.8 Å². The molecule has 0 aromatic heterocycles. The lowest BCUT2D eigenvalue weighted by atomic mass is 10.1. The van der Waals surface area contributed by atoms with Crippen LogP contribution in [0.3, 0.4) is 0 Å². The second-order valence-electron chi connectivity index (χ2n) is 4.94.